The summed E-state index contributed by atoms with van der Waals surface area (Å²) in [5.74, 6) is 0. The molecular formula is C40H30N2. The lowest BCUT2D eigenvalue weighted by atomic mass is 9.95. The van der Waals surface area contributed by atoms with Gasteiger partial charge in [0.1, 0.15) is 0 Å². The van der Waals surface area contributed by atoms with Crippen LogP contribution in [0.5, 0.6) is 0 Å². The molecule has 42 heavy (non-hydrogen) atoms. The summed E-state index contributed by atoms with van der Waals surface area (Å²) < 4.78 is 5.06. The Morgan fingerprint density at radius 2 is 0.905 bits per heavy atom. The van der Waals surface area contributed by atoms with E-state index in [4.69, 9.17) is 0 Å². The monoisotopic (exact) mass is 538 g/mol. The quantitative estimate of drug-likeness (QED) is 0.207. The smallest absolute Gasteiger partial charge is 0.0789 e. The van der Waals surface area contributed by atoms with Gasteiger partial charge in [0.2, 0.25) is 0 Å². The van der Waals surface area contributed by atoms with Crippen LogP contribution in [0.25, 0.3) is 55.0 Å². The van der Waals surface area contributed by atoms with E-state index >= 15 is 0 Å². The maximum absolute atomic E-state index is 2.58. The first kappa shape index (κ1) is 23.6. The third kappa shape index (κ3) is 3.51. The van der Waals surface area contributed by atoms with Crippen molar-refractivity contribution < 1.29 is 0 Å². The summed E-state index contributed by atoms with van der Waals surface area (Å²) in [4.78, 5) is 0. The number of para-hydroxylation sites is 3. The van der Waals surface area contributed by atoms with Crippen molar-refractivity contribution in [3.05, 3.63) is 156 Å². The first-order valence-corrected chi connectivity index (χ1v) is 15.0. The Kier molecular flexibility index (Phi) is 5.18. The van der Waals surface area contributed by atoms with Gasteiger partial charge in [-0.15, -0.1) is 0 Å². The van der Waals surface area contributed by atoms with Crippen LogP contribution in [0.1, 0.15) is 22.3 Å². The van der Waals surface area contributed by atoms with Crippen LogP contribution in [0.2, 0.25) is 0 Å². The predicted molar refractivity (Wildman–Crippen MR) is 176 cm³/mol. The molecular weight excluding hydrogens is 508 g/mol. The van der Waals surface area contributed by atoms with Crippen LogP contribution in [0.4, 0.5) is 0 Å². The highest BCUT2D eigenvalue weighted by Gasteiger charge is 2.22. The van der Waals surface area contributed by atoms with Crippen LogP contribution in [-0.2, 0) is 25.7 Å². The molecule has 0 fully saturated rings. The lowest BCUT2D eigenvalue weighted by Gasteiger charge is -2.18. The Morgan fingerprint density at radius 1 is 0.381 bits per heavy atom. The van der Waals surface area contributed by atoms with Gasteiger partial charge in [-0.05, 0) is 78.3 Å². The molecule has 2 heterocycles. The number of hydrogen-bond donors (Lipinski definition) is 0. The van der Waals surface area contributed by atoms with Crippen molar-refractivity contribution in [3.8, 4) is 11.4 Å². The minimum atomic E-state index is 1.00. The van der Waals surface area contributed by atoms with E-state index in [9.17, 15) is 0 Å². The zero-order valence-electron chi connectivity index (χ0n) is 23.4. The minimum Gasteiger partial charge on any atom is -0.307 e. The molecule has 6 aromatic carbocycles. The second-order valence-electron chi connectivity index (χ2n) is 11.7. The number of rotatable bonds is 2. The molecule has 0 N–H and O–H groups in total. The number of fused-ring (bicyclic) bond motifs is 7. The van der Waals surface area contributed by atoms with Crippen LogP contribution < -0.4 is 0 Å². The van der Waals surface area contributed by atoms with Gasteiger partial charge in [0, 0.05) is 32.9 Å². The van der Waals surface area contributed by atoms with Crippen LogP contribution in [0, 0.1) is 0 Å². The molecule has 12 rings (SSSR count). The number of benzene rings is 6. The van der Waals surface area contributed by atoms with Gasteiger partial charge >= 0.3 is 0 Å². The Labute approximate surface area is 245 Å². The van der Waals surface area contributed by atoms with Gasteiger partial charge < -0.3 is 9.13 Å². The molecule has 0 saturated heterocycles. The van der Waals surface area contributed by atoms with Gasteiger partial charge in [0.25, 0.3) is 0 Å². The maximum Gasteiger partial charge on any atom is 0.0789 e. The van der Waals surface area contributed by atoms with Crippen LogP contribution in [-0.4, -0.2) is 9.13 Å². The molecule has 0 saturated carbocycles. The van der Waals surface area contributed by atoms with Crippen LogP contribution in [0.3, 0.4) is 0 Å². The van der Waals surface area contributed by atoms with Crippen molar-refractivity contribution in [2.24, 2.45) is 0 Å². The largest absolute Gasteiger partial charge is 0.307 e. The van der Waals surface area contributed by atoms with Crippen molar-refractivity contribution in [2.45, 2.75) is 25.7 Å². The van der Waals surface area contributed by atoms with Gasteiger partial charge in [-0.25, -0.2) is 0 Å². The molecule has 4 bridgehead atoms. The Balaban J connectivity index is 1.44. The summed E-state index contributed by atoms with van der Waals surface area (Å²) in [5.41, 5.74) is 13.1. The highest BCUT2D eigenvalue weighted by atomic mass is 15.0. The van der Waals surface area contributed by atoms with Crippen molar-refractivity contribution in [1.29, 1.82) is 0 Å². The van der Waals surface area contributed by atoms with E-state index in [1.165, 1.54) is 77.2 Å². The van der Waals surface area contributed by atoms with Gasteiger partial charge in [0.05, 0.1) is 22.1 Å². The average molecular weight is 539 g/mol. The third-order valence-corrected chi connectivity index (χ3v) is 9.28. The molecule has 200 valence electrons. The van der Waals surface area contributed by atoms with E-state index in [0.29, 0.717) is 0 Å². The molecule has 2 nitrogen and oxygen atoms in total. The van der Waals surface area contributed by atoms with E-state index in [0.717, 1.165) is 25.7 Å². The first-order valence-electron chi connectivity index (χ1n) is 15.0. The maximum atomic E-state index is 2.58. The van der Waals surface area contributed by atoms with E-state index in [1.807, 2.05) is 0 Å². The molecule has 8 aromatic rings. The summed E-state index contributed by atoms with van der Waals surface area (Å²) in [5, 5.41) is 5.17. The molecule has 0 aliphatic heterocycles. The Morgan fingerprint density at radius 3 is 1.60 bits per heavy atom. The fourth-order valence-corrected chi connectivity index (χ4v) is 7.22. The zero-order chi connectivity index (χ0) is 27.6. The van der Waals surface area contributed by atoms with Crippen molar-refractivity contribution in [2.75, 3.05) is 0 Å². The number of aryl methyl sites for hydroxylation is 4. The summed E-state index contributed by atoms with van der Waals surface area (Å²) in [6.45, 7) is 0. The Bertz CT molecular complexity index is 2280. The number of hydrogen-bond acceptors (Lipinski definition) is 0. The Hall–Kier alpha value is -5.08. The van der Waals surface area contributed by atoms with Crippen LogP contribution >= 0.6 is 0 Å². The summed E-state index contributed by atoms with van der Waals surface area (Å²) in [6.07, 6.45) is 4.12. The molecule has 0 radical (unpaired) electrons. The van der Waals surface area contributed by atoms with Gasteiger partial charge in [-0.2, -0.15) is 0 Å². The summed E-state index contributed by atoms with van der Waals surface area (Å²) in [6, 6.07) is 49.8. The zero-order valence-corrected chi connectivity index (χ0v) is 23.4. The normalized spacial score (nSPS) is 13.3. The molecule has 0 amide bonds. The molecule has 2 aromatic heterocycles. The van der Waals surface area contributed by atoms with Crippen molar-refractivity contribution in [1.82, 2.24) is 9.13 Å². The molecule has 2 heteroatoms. The molecule has 0 unspecified atom stereocenters. The topological polar surface area (TPSA) is 9.86 Å². The van der Waals surface area contributed by atoms with E-state index in [1.54, 1.807) is 0 Å². The third-order valence-electron chi connectivity index (χ3n) is 9.28. The van der Waals surface area contributed by atoms with Gasteiger partial charge in [-0.1, -0.05) is 103 Å². The fourth-order valence-electron chi connectivity index (χ4n) is 7.22. The summed E-state index contributed by atoms with van der Waals surface area (Å²) >= 11 is 0. The second kappa shape index (κ2) is 9.22. The fraction of sp³-hybridized carbons (Fsp3) is 0.100. The van der Waals surface area contributed by atoms with Gasteiger partial charge in [0.15, 0.2) is 0 Å². The molecule has 4 aliphatic rings. The SMILES string of the molecule is c1ccc(-n2c3ccccc3c3ccc4c5ccccc5n(-c5cc6ccc5CCc5ccc(cc5)CC6)c4c32)cc1. The lowest BCUT2D eigenvalue weighted by Crippen LogP contribution is -2.05. The van der Waals surface area contributed by atoms with Crippen molar-refractivity contribution in [3.63, 3.8) is 0 Å². The second-order valence-corrected chi connectivity index (χ2v) is 11.7. The number of aromatic nitrogens is 2. The lowest BCUT2D eigenvalue weighted by molar-refractivity contribution is 0.908. The average Bonchev–Trinajstić information content (AvgIpc) is 3.56. The predicted octanol–water partition coefficient (Wildman–Crippen LogP) is 9.76. The number of nitrogens with zero attached hydrogens (tertiary/aromatic N) is 2. The molecule has 0 atom stereocenters. The minimum absolute atomic E-state index is 1.00. The highest BCUT2D eigenvalue weighted by molar-refractivity contribution is 6.23. The standard InChI is InChI=1S/C40H30N2/c1-2-8-31(9-3-1)41-36-12-6-4-10-32(36)34-24-25-35-33-11-5-7-13-37(33)42(40(35)39(34)41)38-26-29-19-18-27-14-16-28(17-15-27)20-22-30(38)23-21-29/h1-17,21,23-26H,18-20,22H2. The van der Waals surface area contributed by atoms with E-state index < -0.39 is 0 Å². The summed E-state index contributed by atoms with van der Waals surface area (Å²) in [7, 11) is 0. The van der Waals surface area contributed by atoms with E-state index in [-0.39, 0.29) is 0 Å². The molecule has 0 spiro atoms. The highest BCUT2D eigenvalue weighted by Crippen LogP contribution is 2.42. The van der Waals surface area contributed by atoms with E-state index in [2.05, 4.69) is 143 Å². The molecule has 4 aliphatic carbocycles. The van der Waals surface area contributed by atoms with Crippen molar-refractivity contribution >= 4 is 43.6 Å². The van der Waals surface area contributed by atoms with Gasteiger partial charge in [-0.3, -0.25) is 0 Å². The van der Waals surface area contributed by atoms with Crippen LogP contribution in [0.15, 0.2) is 133 Å². The first-order chi connectivity index (χ1) is 20.8.